The quantitative estimate of drug-likeness (QED) is 0.0449. The molecule has 17 heteroatoms. The van der Waals surface area contributed by atoms with Crippen LogP contribution in [-0.4, -0.2) is 78.6 Å². The lowest BCUT2D eigenvalue weighted by molar-refractivity contribution is -0.143. The molecule has 0 bridgehead atoms. The number of sulfonamides is 1. The van der Waals surface area contributed by atoms with E-state index in [1.165, 1.54) is 24.3 Å². The van der Waals surface area contributed by atoms with Gasteiger partial charge in [-0.3, -0.25) is 24.6 Å². The van der Waals surface area contributed by atoms with Crippen LogP contribution in [0.25, 0.3) is 0 Å². The predicted molar refractivity (Wildman–Crippen MR) is 144 cm³/mol. The topological polar surface area (TPSA) is 258 Å². The van der Waals surface area contributed by atoms with Gasteiger partial charge in [-0.05, 0) is 49.9 Å². The van der Waals surface area contributed by atoms with E-state index >= 15 is 0 Å². The fourth-order valence-corrected chi connectivity index (χ4v) is 4.75. The van der Waals surface area contributed by atoms with Crippen molar-refractivity contribution < 1.29 is 42.6 Å². The molecular formula is C23H33ClN6O9S. The van der Waals surface area contributed by atoms with E-state index in [0.29, 0.717) is 6.42 Å². The summed E-state index contributed by atoms with van der Waals surface area (Å²) in [5.41, 5.74) is 5.46. The number of aliphatic carboxylic acids is 2. The van der Waals surface area contributed by atoms with Crippen molar-refractivity contribution in [1.82, 2.24) is 15.4 Å². The summed E-state index contributed by atoms with van der Waals surface area (Å²) in [6.07, 6.45) is -0.425. The van der Waals surface area contributed by atoms with Gasteiger partial charge in [-0.1, -0.05) is 0 Å². The zero-order valence-electron chi connectivity index (χ0n) is 21.4. The van der Waals surface area contributed by atoms with Gasteiger partial charge in [-0.25, -0.2) is 17.9 Å². The van der Waals surface area contributed by atoms with Crippen LogP contribution in [-0.2, 0) is 34.0 Å². The molecule has 0 aliphatic carbocycles. The fraction of sp³-hybridized carbons (Fsp3) is 0.478. The number of carbonyl (C=O) groups is 5. The molecule has 0 aromatic heterocycles. The Bertz CT molecular complexity index is 1180. The van der Waals surface area contributed by atoms with E-state index in [4.69, 9.17) is 33.0 Å². The zero-order chi connectivity index (χ0) is 30.3. The first-order valence-electron chi connectivity index (χ1n) is 12.1. The number of hydrogen-bond donors (Lipinski definition) is 8. The number of Topliss-reactive ketones (excluding diaryl/α,β-unsaturated/α-hetero) is 1. The number of nitrogens with two attached hydrogens (primary N) is 1. The minimum absolute atomic E-state index is 0.0806. The molecule has 1 aromatic rings. The van der Waals surface area contributed by atoms with Gasteiger partial charge in [0.25, 0.3) is 0 Å². The van der Waals surface area contributed by atoms with Crippen LogP contribution in [0.1, 0.15) is 44.9 Å². The van der Waals surface area contributed by atoms with Crippen molar-refractivity contribution in [1.29, 1.82) is 5.41 Å². The van der Waals surface area contributed by atoms with Gasteiger partial charge in [0.15, 0.2) is 11.7 Å². The molecule has 1 rings (SSSR count). The van der Waals surface area contributed by atoms with Gasteiger partial charge in [-0.15, -0.1) is 11.6 Å². The molecule has 0 heterocycles. The van der Waals surface area contributed by atoms with Crippen molar-refractivity contribution in [3.63, 3.8) is 0 Å². The van der Waals surface area contributed by atoms with E-state index in [1.54, 1.807) is 0 Å². The maximum absolute atomic E-state index is 12.8. The minimum atomic E-state index is -4.11. The molecule has 15 nitrogen and oxygen atoms in total. The molecule has 0 saturated heterocycles. The molecule has 0 aliphatic heterocycles. The van der Waals surface area contributed by atoms with Crippen molar-refractivity contribution >= 4 is 62.8 Å². The summed E-state index contributed by atoms with van der Waals surface area (Å²) < 4.78 is 27.9. The van der Waals surface area contributed by atoms with Crippen LogP contribution in [0.5, 0.6) is 0 Å². The molecule has 0 radical (unpaired) electrons. The number of hydrogen-bond acceptors (Lipinski definition) is 8. The van der Waals surface area contributed by atoms with Gasteiger partial charge in [0, 0.05) is 31.5 Å². The summed E-state index contributed by atoms with van der Waals surface area (Å²) in [5.74, 6) is -4.86. The fourth-order valence-electron chi connectivity index (χ4n) is 3.31. The highest BCUT2D eigenvalue weighted by molar-refractivity contribution is 7.89. The van der Waals surface area contributed by atoms with E-state index in [9.17, 15) is 32.4 Å². The Morgan fingerprint density at radius 2 is 1.55 bits per heavy atom. The highest BCUT2D eigenvalue weighted by atomic mass is 35.5. The number of benzene rings is 1. The van der Waals surface area contributed by atoms with Gasteiger partial charge in [0.05, 0.1) is 16.8 Å². The summed E-state index contributed by atoms with van der Waals surface area (Å²) in [7, 11) is -4.11. The summed E-state index contributed by atoms with van der Waals surface area (Å²) in [5, 5.41) is 32.2. The highest BCUT2D eigenvalue weighted by Gasteiger charge is 2.25. The second-order valence-electron chi connectivity index (χ2n) is 8.57. The Balaban J connectivity index is 2.61. The van der Waals surface area contributed by atoms with Gasteiger partial charge in [-0.2, -0.15) is 0 Å². The number of guanidine groups is 1. The first-order valence-corrected chi connectivity index (χ1v) is 14.1. The van der Waals surface area contributed by atoms with Crippen LogP contribution in [0, 0.1) is 5.41 Å². The molecule has 0 spiro atoms. The first-order chi connectivity index (χ1) is 18.7. The molecule has 0 saturated carbocycles. The average molecular weight is 605 g/mol. The molecule has 0 fully saturated rings. The normalized spacial score (nSPS) is 12.5. The molecule has 0 aliphatic rings. The number of nitrogens with one attached hydrogen (secondary N) is 5. The number of rotatable bonds is 19. The number of alkyl halides is 1. The minimum Gasteiger partial charge on any atom is -0.481 e. The lowest BCUT2D eigenvalue weighted by atomic mass is 10.1. The number of carboxylic acid groups (broad SMARTS) is 2. The first kappa shape index (κ1) is 34.3. The van der Waals surface area contributed by atoms with Crippen molar-refractivity contribution in [2.45, 2.75) is 61.9 Å². The SMILES string of the molecule is N=C(N)NCCC[C@H](NS(=O)(=O)c1ccc(NC(=O)CCCC(=O)NC(CCC(=O)O)C(=O)O)cc1)C(=O)CCl. The Morgan fingerprint density at radius 1 is 0.925 bits per heavy atom. The maximum atomic E-state index is 12.8. The van der Waals surface area contributed by atoms with E-state index in [1.807, 2.05) is 0 Å². The van der Waals surface area contributed by atoms with Crippen molar-refractivity contribution in [2.24, 2.45) is 5.73 Å². The van der Waals surface area contributed by atoms with Crippen LogP contribution >= 0.6 is 11.6 Å². The third kappa shape index (κ3) is 13.3. The highest BCUT2D eigenvalue weighted by Crippen LogP contribution is 2.16. The number of anilines is 1. The van der Waals surface area contributed by atoms with Gasteiger partial charge >= 0.3 is 11.9 Å². The molecule has 2 amide bonds. The Morgan fingerprint density at radius 3 is 2.10 bits per heavy atom. The number of ketones is 1. The lowest BCUT2D eigenvalue weighted by Crippen LogP contribution is -2.42. The summed E-state index contributed by atoms with van der Waals surface area (Å²) in [4.78, 5) is 57.9. The lowest BCUT2D eigenvalue weighted by Gasteiger charge is -2.17. The molecule has 222 valence electrons. The summed E-state index contributed by atoms with van der Waals surface area (Å²) >= 11 is 5.61. The molecule has 40 heavy (non-hydrogen) atoms. The standard InChI is InChI=1S/C23H33ClN6O9S/c24-13-18(31)16(3-2-12-27-23(25)26)30-40(38,39)15-8-6-14(7-9-15)28-19(32)4-1-5-20(33)29-17(22(36)37)10-11-21(34)35/h6-9,16-17,30H,1-5,10-13H2,(H,28,32)(H,29,33)(H,34,35)(H,36,37)(H4,25,26,27)/t16-,17?/m0/s1. The predicted octanol–water partition coefficient (Wildman–Crippen LogP) is -0.0523. The molecular weight excluding hydrogens is 572 g/mol. The van der Waals surface area contributed by atoms with Crippen LogP contribution < -0.4 is 26.4 Å². The molecule has 1 aromatic carbocycles. The van der Waals surface area contributed by atoms with E-state index in [0.717, 1.165) is 0 Å². The van der Waals surface area contributed by atoms with E-state index < -0.39 is 63.9 Å². The monoisotopic (exact) mass is 604 g/mol. The molecule has 2 atom stereocenters. The maximum Gasteiger partial charge on any atom is 0.326 e. The van der Waals surface area contributed by atoms with E-state index in [-0.39, 0.29) is 55.2 Å². The molecule has 1 unspecified atom stereocenters. The van der Waals surface area contributed by atoms with Crippen LogP contribution in [0.4, 0.5) is 5.69 Å². The summed E-state index contributed by atoms with van der Waals surface area (Å²) in [6.45, 7) is 0.262. The van der Waals surface area contributed by atoms with Crippen LogP contribution in [0.15, 0.2) is 29.2 Å². The smallest absolute Gasteiger partial charge is 0.326 e. The number of amides is 2. The number of carbonyl (C=O) groups excluding carboxylic acids is 3. The number of halogens is 1. The second kappa shape index (κ2) is 17.0. The third-order valence-corrected chi connectivity index (χ3v) is 7.09. The average Bonchev–Trinajstić information content (AvgIpc) is 2.87. The Hall–Kier alpha value is -3.76. The second-order valence-corrected chi connectivity index (χ2v) is 10.6. The van der Waals surface area contributed by atoms with E-state index in [2.05, 4.69) is 20.7 Å². The van der Waals surface area contributed by atoms with Crippen LogP contribution in [0.3, 0.4) is 0 Å². The Kier molecular flexibility index (Phi) is 14.6. The molecule has 9 N–H and O–H groups in total. The largest absolute Gasteiger partial charge is 0.481 e. The van der Waals surface area contributed by atoms with Crippen molar-refractivity contribution in [3.8, 4) is 0 Å². The zero-order valence-corrected chi connectivity index (χ0v) is 23.0. The van der Waals surface area contributed by atoms with Gasteiger partial charge < -0.3 is 31.9 Å². The van der Waals surface area contributed by atoms with Crippen molar-refractivity contribution in [3.05, 3.63) is 24.3 Å². The van der Waals surface area contributed by atoms with Gasteiger partial charge in [0.2, 0.25) is 21.8 Å². The summed E-state index contributed by atoms with van der Waals surface area (Å²) in [6, 6.07) is 2.70. The van der Waals surface area contributed by atoms with Gasteiger partial charge in [0.1, 0.15) is 6.04 Å². The Labute approximate surface area is 235 Å². The number of carboxylic acids is 2. The van der Waals surface area contributed by atoms with Crippen LogP contribution in [0.2, 0.25) is 0 Å². The van der Waals surface area contributed by atoms with Crippen molar-refractivity contribution in [2.75, 3.05) is 17.7 Å². The third-order valence-electron chi connectivity index (χ3n) is 5.34.